The van der Waals surface area contributed by atoms with E-state index in [1.165, 1.54) is 0 Å². The predicted molar refractivity (Wildman–Crippen MR) is 62.1 cm³/mol. The minimum absolute atomic E-state index is 0.0290. The van der Waals surface area contributed by atoms with Crippen LogP contribution < -0.4 is 0 Å². The molecule has 0 aromatic carbocycles. The van der Waals surface area contributed by atoms with Crippen molar-refractivity contribution in [3.05, 3.63) is 24.8 Å². The summed E-state index contributed by atoms with van der Waals surface area (Å²) in [5.74, 6) is -0.853. The lowest BCUT2D eigenvalue weighted by atomic mass is 9.83. The van der Waals surface area contributed by atoms with E-state index < -0.39 is 17.0 Å². The largest absolute Gasteiger partial charge is 0.481 e. The lowest BCUT2D eigenvalue weighted by molar-refractivity contribution is -0.297. The molecule has 0 radical (unpaired) electrons. The molecule has 0 aromatic rings. The molecule has 0 bridgehead atoms. The van der Waals surface area contributed by atoms with Gasteiger partial charge >= 0.3 is 5.97 Å². The lowest BCUT2D eigenvalue weighted by Gasteiger charge is -2.22. The summed E-state index contributed by atoms with van der Waals surface area (Å²) in [5, 5.41) is 17.3. The Labute approximate surface area is 96.2 Å². The molecule has 2 N–H and O–H groups in total. The molecule has 92 valence electrons. The molecule has 0 aliphatic carbocycles. The van der Waals surface area contributed by atoms with Crippen molar-refractivity contribution in [3.63, 3.8) is 0 Å². The Morgan fingerprint density at radius 2 is 2.00 bits per heavy atom. The smallest absolute Gasteiger partial charge is 0.304 e. The highest BCUT2D eigenvalue weighted by Gasteiger charge is 2.23. The summed E-state index contributed by atoms with van der Waals surface area (Å²) in [7, 11) is 0. The molecule has 4 heteroatoms. The van der Waals surface area contributed by atoms with Crippen LogP contribution in [0.2, 0.25) is 0 Å². The van der Waals surface area contributed by atoms with Crippen molar-refractivity contribution in [2.45, 2.75) is 39.2 Å². The molecule has 0 fully saturated rings. The number of carbonyl (C=O) groups is 1. The summed E-state index contributed by atoms with van der Waals surface area (Å²) in [6.45, 7) is 8.87. The van der Waals surface area contributed by atoms with E-state index in [0.717, 1.165) is 0 Å². The van der Waals surface area contributed by atoms with Crippen LogP contribution in [0.25, 0.3) is 0 Å². The van der Waals surface area contributed by atoms with E-state index in [2.05, 4.69) is 11.5 Å². The van der Waals surface area contributed by atoms with Crippen LogP contribution in [0.5, 0.6) is 0 Å². The lowest BCUT2D eigenvalue weighted by Crippen LogP contribution is -2.20. The van der Waals surface area contributed by atoms with Crippen molar-refractivity contribution >= 4 is 5.97 Å². The highest BCUT2D eigenvalue weighted by molar-refractivity contribution is 5.68. The molecule has 0 amide bonds. The van der Waals surface area contributed by atoms with Gasteiger partial charge in [0.2, 0.25) is 0 Å². The van der Waals surface area contributed by atoms with Crippen molar-refractivity contribution in [2.24, 2.45) is 5.41 Å². The summed E-state index contributed by atoms with van der Waals surface area (Å²) in [4.78, 5) is 14.9. The third-order valence-electron chi connectivity index (χ3n) is 2.39. The van der Waals surface area contributed by atoms with Crippen molar-refractivity contribution in [1.29, 1.82) is 0 Å². The number of carboxylic acids is 1. The van der Waals surface area contributed by atoms with E-state index in [-0.39, 0.29) is 6.42 Å². The fourth-order valence-corrected chi connectivity index (χ4v) is 1.22. The summed E-state index contributed by atoms with van der Waals surface area (Å²) in [5.41, 5.74) is -1.24. The molecule has 1 unspecified atom stereocenters. The first kappa shape index (κ1) is 14.9. The second-order valence-corrected chi connectivity index (χ2v) is 4.73. The van der Waals surface area contributed by atoms with E-state index in [1.54, 1.807) is 32.1 Å². The van der Waals surface area contributed by atoms with Crippen LogP contribution >= 0.6 is 0 Å². The Balaban J connectivity index is 4.45. The third-order valence-corrected chi connectivity index (χ3v) is 2.39. The van der Waals surface area contributed by atoms with Crippen LogP contribution in [-0.4, -0.2) is 21.9 Å². The average molecular weight is 228 g/mol. The van der Waals surface area contributed by atoms with Crippen molar-refractivity contribution < 1.29 is 20.0 Å². The van der Waals surface area contributed by atoms with E-state index >= 15 is 0 Å². The van der Waals surface area contributed by atoms with Gasteiger partial charge in [-0.2, -0.15) is 0 Å². The number of allylic oxidation sites excluding steroid dienone is 2. The topological polar surface area (TPSA) is 66.8 Å². The first-order valence-corrected chi connectivity index (χ1v) is 5.10. The zero-order chi connectivity index (χ0) is 12.8. The van der Waals surface area contributed by atoms with Gasteiger partial charge in [-0.3, -0.25) is 10.1 Å². The molecule has 4 nitrogen and oxygen atoms in total. The first-order chi connectivity index (χ1) is 7.24. The SMILES string of the molecule is C=CC(C)(CC=CC(C)(C)OO)CC(=O)O. The molecule has 0 saturated heterocycles. The maximum atomic E-state index is 10.7. The fourth-order valence-electron chi connectivity index (χ4n) is 1.22. The highest BCUT2D eigenvalue weighted by atomic mass is 17.1. The zero-order valence-corrected chi connectivity index (χ0v) is 10.1. The van der Waals surface area contributed by atoms with Crippen LogP contribution in [0.15, 0.2) is 24.8 Å². The number of aliphatic carboxylic acids is 1. The normalized spacial score (nSPS) is 16.0. The van der Waals surface area contributed by atoms with Gasteiger partial charge < -0.3 is 5.11 Å². The monoisotopic (exact) mass is 228 g/mol. The minimum Gasteiger partial charge on any atom is -0.481 e. The molecular formula is C12H20O4. The Morgan fingerprint density at radius 1 is 1.44 bits per heavy atom. The first-order valence-electron chi connectivity index (χ1n) is 5.10. The van der Waals surface area contributed by atoms with Gasteiger partial charge in [-0.05, 0) is 25.7 Å². The highest BCUT2D eigenvalue weighted by Crippen LogP contribution is 2.28. The molecular weight excluding hydrogens is 208 g/mol. The molecule has 0 rings (SSSR count). The molecule has 1 atom stereocenters. The van der Waals surface area contributed by atoms with Crippen LogP contribution in [0.4, 0.5) is 0 Å². The minimum atomic E-state index is -0.853. The molecule has 16 heavy (non-hydrogen) atoms. The van der Waals surface area contributed by atoms with Gasteiger partial charge in [-0.25, -0.2) is 4.89 Å². The van der Waals surface area contributed by atoms with Crippen molar-refractivity contribution in [3.8, 4) is 0 Å². The summed E-state index contributed by atoms with van der Waals surface area (Å²) in [6, 6.07) is 0. The van der Waals surface area contributed by atoms with Crippen LogP contribution in [0.3, 0.4) is 0 Å². The molecule has 0 aliphatic heterocycles. The molecule has 0 heterocycles. The molecule has 0 aliphatic rings. The second-order valence-electron chi connectivity index (χ2n) is 4.73. The zero-order valence-electron chi connectivity index (χ0n) is 10.1. The van der Waals surface area contributed by atoms with Crippen molar-refractivity contribution in [1.82, 2.24) is 0 Å². The number of hydrogen-bond donors (Lipinski definition) is 2. The van der Waals surface area contributed by atoms with Crippen LogP contribution in [0, 0.1) is 5.41 Å². The number of rotatable bonds is 7. The average Bonchev–Trinajstić information content (AvgIpc) is 2.16. The maximum Gasteiger partial charge on any atom is 0.304 e. The quantitative estimate of drug-likeness (QED) is 0.399. The van der Waals surface area contributed by atoms with E-state index in [9.17, 15) is 4.79 Å². The number of hydrogen-bond acceptors (Lipinski definition) is 3. The van der Waals surface area contributed by atoms with Crippen LogP contribution in [-0.2, 0) is 9.68 Å². The van der Waals surface area contributed by atoms with E-state index in [4.69, 9.17) is 10.4 Å². The molecule has 0 spiro atoms. The van der Waals surface area contributed by atoms with Gasteiger partial charge in [0.15, 0.2) is 0 Å². The molecule has 0 aromatic heterocycles. The number of carboxylic acid groups (broad SMARTS) is 1. The standard InChI is InChI=1S/C12H20O4/c1-5-12(4,9-10(13)14)8-6-7-11(2,3)16-15/h5-7,15H,1,8-9H2,2-4H3,(H,13,14). The van der Waals surface area contributed by atoms with Gasteiger partial charge in [0.05, 0.1) is 6.42 Å². The Hall–Kier alpha value is -1.13. The van der Waals surface area contributed by atoms with E-state index in [0.29, 0.717) is 6.42 Å². The van der Waals surface area contributed by atoms with E-state index in [1.807, 2.05) is 6.92 Å². The summed E-state index contributed by atoms with van der Waals surface area (Å²) in [6.07, 6.45) is 5.69. The summed E-state index contributed by atoms with van der Waals surface area (Å²) < 4.78 is 0. The maximum absolute atomic E-state index is 10.7. The Kier molecular flexibility index (Phi) is 5.41. The van der Waals surface area contributed by atoms with Crippen molar-refractivity contribution in [2.75, 3.05) is 0 Å². The Morgan fingerprint density at radius 3 is 2.38 bits per heavy atom. The fraction of sp³-hybridized carbons (Fsp3) is 0.583. The van der Waals surface area contributed by atoms with Gasteiger partial charge in [-0.15, -0.1) is 6.58 Å². The van der Waals surface area contributed by atoms with Crippen LogP contribution in [0.1, 0.15) is 33.6 Å². The predicted octanol–water partition coefficient (Wildman–Crippen LogP) is 2.87. The Bertz CT molecular complexity index is 281. The van der Waals surface area contributed by atoms with Gasteiger partial charge in [0.1, 0.15) is 5.60 Å². The van der Waals surface area contributed by atoms with Gasteiger partial charge in [0, 0.05) is 0 Å². The second kappa shape index (κ2) is 5.82. The van der Waals surface area contributed by atoms with Gasteiger partial charge in [-0.1, -0.05) is 25.2 Å². The van der Waals surface area contributed by atoms with Gasteiger partial charge in [0.25, 0.3) is 0 Å². The summed E-state index contributed by atoms with van der Waals surface area (Å²) >= 11 is 0. The third kappa shape index (κ3) is 5.68. The molecule has 0 saturated carbocycles.